The monoisotopic (exact) mass is 216 g/mol. The van der Waals surface area contributed by atoms with Gasteiger partial charge < -0.3 is 9.31 Å². The number of hydrogen-bond acceptors (Lipinski definition) is 5. The van der Waals surface area contributed by atoms with Gasteiger partial charge >= 0.3 is 21.9 Å². The molecule has 0 fully saturated rings. The van der Waals surface area contributed by atoms with Gasteiger partial charge in [0.15, 0.2) is 0 Å². The average Bonchev–Trinajstić information content (AvgIpc) is 2.11. The van der Waals surface area contributed by atoms with Gasteiger partial charge in [-0.05, 0) is 13.8 Å². The highest BCUT2D eigenvalue weighted by Crippen LogP contribution is 1.94. The zero-order chi connectivity index (χ0) is 11.1. The topological polar surface area (TPSA) is 61.8 Å². The SMILES string of the molecule is C=C(C)C(=O)OO[SiH2]OC(=O)C(=C)C. The van der Waals surface area contributed by atoms with Crippen LogP contribution in [0.1, 0.15) is 13.8 Å². The Morgan fingerprint density at radius 1 is 1.07 bits per heavy atom. The molecular formula is C8H12O5Si. The van der Waals surface area contributed by atoms with Crippen LogP contribution in [0.15, 0.2) is 24.3 Å². The van der Waals surface area contributed by atoms with E-state index in [1.807, 2.05) is 0 Å². The fourth-order valence-electron chi connectivity index (χ4n) is 0.349. The van der Waals surface area contributed by atoms with Crippen molar-refractivity contribution in [3.8, 4) is 0 Å². The van der Waals surface area contributed by atoms with Gasteiger partial charge in [0, 0.05) is 11.1 Å². The third-order valence-electron chi connectivity index (χ3n) is 1.07. The molecule has 14 heavy (non-hydrogen) atoms. The van der Waals surface area contributed by atoms with E-state index in [9.17, 15) is 9.59 Å². The maximum atomic E-state index is 10.8. The van der Waals surface area contributed by atoms with Crippen LogP contribution in [0.3, 0.4) is 0 Å². The molecule has 6 heteroatoms. The van der Waals surface area contributed by atoms with Crippen LogP contribution in [0.4, 0.5) is 0 Å². The number of carbonyl (C=O) groups excluding carboxylic acids is 2. The van der Waals surface area contributed by atoms with Gasteiger partial charge in [0.1, 0.15) is 0 Å². The molecule has 0 bridgehead atoms. The lowest BCUT2D eigenvalue weighted by Crippen LogP contribution is -2.15. The number of rotatable bonds is 5. The van der Waals surface area contributed by atoms with E-state index in [1.165, 1.54) is 13.8 Å². The molecule has 0 spiro atoms. The van der Waals surface area contributed by atoms with Crippen molar-refractivity contribution in [2.45, 2.75) is 13.8 Å². The molecule has 0 aromatic carbocycles. The minimum Gasteiger partial charge on any atom is -0.493 e. The van der Waals surface area contributed by atoms with Gasteiger partial charge in [-0.1, -0.05) is 13.2 Å². The number of carbonyl (C=O) groups is 2. The van der Waals surface area contributed by atoms with Crippen molar-refractivity contribution < 1.29 is 23.5 Å². The summed E-state index contributed by atoms with van der Waals surface area (Å²) in [4.78, 5) is 25.8. The minimum absolute atomic E-state index is 0.213. The molecule has 0 aliphatic carbocycles. The second kappa shape index (κ2) is 6.11. The Hall–Kier alpha value is -1.40. The summed E-state index contributed by atoms with van der Waals surface area (Å²) in [6, 6.07) is 0. The summed E-state index contributed by atoms with van der Waals surface area (Å²) in [6.45, 7) is 9.69. The van der Waals surface area contributed by atoms with Crippen molar-refractivity contribution >= 4 is 21.9 Å². The second-order valence-corrected chi connectivity index (χ2v) is 3.36. The Bertz CT molecular complexity index is 243. The van der Waals surface area contributed by atoms with Crippen LogP contribution in [-0.2, 0) is 23.5 Å². The molecule has 0 aromatic heterocycles. The predicted octanol–water partition coefficient (Wildman–Crippen LogP) is 0.155. The largest absolute Gasteiger partial charge is 0.493 e. The molecule has 0 rings (SSSR count). The zero-order valence-electron chi connectivity index (χ0n) is 8.16. The van der Waals surface area contributed by atoms with Crippen molar-refractivity contribution in [1.82, 2.24) is 0 Å². The molecule has 0 unspecified atom stereocenters. The molecule has 0 N–H and O–H groups in total. The molecule has 0 radical (unpaired) electrons. The molecule has 0 aliphatic rings. The van der Waals surface area contributed by atoms with Gasteiger partial charge in [-0.25, -0.2) is 9.59 Å². The smallest absolute Gasteiger partial charge is 0.418 e. The third kappa shape index (κ3) is 5.28. The van der Waals surface area contributed by atoms with Gasteiger partial charge in [0.2, 0.25) is 0 Å². The Labute approximate surface area is 84.3 Å². The van der Waals surface area contributed by atoms with Gasteiger partial charge in [-0.2, -0.15) is 4.58 Å². The van der Waals surface area contributed by atoms with E-state index in [2.05, 4.69) is 27.0 Å². The summed E-state index contributed by atoms with van der Waals surface area (Å²) in [7, 11) is -1.65. The fourth-order valence-corrected chi connectivity index (χ4v) is 0.906. The summed E-state index contributed by atoms with van der Waals surface area (Å²) in [5.74, 6) is -1.23. The van der Waals surface area contributed by atoms with Crippen LogP contribution in [0.25, 0.3) is 0 Å². The quantitative estimate of drug-likeness (QED) is 0.215. The van der Waals surface area contributed by atoms with E-state index >= 15 is 0 Å². The van der Waals surface area contributed by atoms with E-state index in [0.29, 0.717) is 0 Å². The maximum absolute atomic E-state index is 10.8. The molecule has 0 amide bonds. The van der Waals surface area contributed by atoms with Crippen LogP contribution in [0, 0.1) is 0 Å². The van der Waals surface area contributed by atoms with Gasteiger partial charge in [-0.15, -0.1) is 0 Å². The molecule has 0 aliphatic heterocycles. The molecule has 0 aromatic rings. The maximum Gasteiger partial charge on any atom is 0.418 e. The van der Waals surface area contributed by atoms with E-state index < -0.39 is 21.9 Å². The standard InChI is InChI=1S/C8H12O5Si/c1-5(2)7(9)11-13-14-12-8(10)6(3)4/h1,3,14H2,2,4H3. The van der Waals surface area contributed by atoms with E-state index in [-0.39, 0.29) is 11.1 Å². The van der Waals surface area contributed by atoms with Crippen LogP contribution in [0.5, 0.6) is 0 Å². The molecule has 0 saturated carbocycles. The van der Waals surface area contributed by atoms with E-state index in [0.717, 1.165) is 0 Å². The second-order valence-electron chi connectivity index (χ2n) is 2.60. The highest BCUT2D eigenvalue weighted by atomic mass is 28.3. The molecular weight excluding hydrogens is 204 g/mol. The first kappa shape index (κ1) is 12.6. The Morgan fingerprint density at radius 3 is 2.00 bits per heavy atom. The minimum atomic E-state index is -1.65. The van der Waals surface area contributed by atoms with Gasteiger partial charge in [0.05, 0.1) is 0 Å². The fraction of sp³-hybridized carbons (Fsp3) is 0.250. The first-order valence-corrected chi connectivity index (χ1v) is 4.92. The van der Waals surface area contributed by atoms with Crippen molar-refractivity contribution in [1.29, 1.82) is 0 Å². The van der Waals surface area contributed by atoms with Crippen LogP contribution in [0.2, 0.25) is 0 Å². The summed E-state index contributed by atoms with van der Waals surface area (Å²) in [6.07, 6.45) is 0. The summed E-state index contributed by atoms with van der Waals surface area (Å²) < 4.78 is 9.03. The Kier molecular flexibility index (Phi) is 5.50. The van der Waals surface area contributed by atoms with Crippen molar-refractivity contribution in [2.24, 2.45) is 0 Å². The Balaban J connectivity index is 3.57. The highest BCUT2D eigenvalue weighted by Gasteiger charge is 2.07. The summed E-state index contributed by atoms with van der Waals surface area (Å²) >= 11 is 0. The molecule has 0 saturated heterocycles. The molecule has 0 atom stereocenters. The Morgan fingerprint density at radius 2 is 1.57 bits per heavy atom. The van der Waals surface area contributed by atoms with Crippen LogP contribution in [-0.4, -0.2) is 21.9 Å². The zero-order valence-corrected chi connectivity index (χ0v) is 9.58. The lowest BCUT2D eigenvalue weighted by molar-refractivity contribution is -0.215. The van der Waals surface area contributed by atoms with E-state index in [4.69, 9.17) is 0 Å². The van der Waals surface area contributed by atoms with Crippen molar-refractivity contribution in [3.63, 3.8) is 0 Å². The molecule has 0 heterocycles. The van der Waals surface area contributed by atoms with Crippen molar-refractivity contribution in [2.75, 3.05) is 0 Å². The van der Waals surface area contributed by atoms with Crippen LogP contribution < -0.4 is 0 Å². The first-order chi connectivity index (χ1) is 6.45. The van der Waals surface area contributed by atoms with Crippen molar-refractivity contribution in [3.05, 3.63) is 24.3 Å². The van der Waals surface area contributed by atoms with E-state index in [1.54, 1.807) is 0 Å². The summed E-state index contributed by atoms with van der Waals surface area (Å²) in [5, 5.41) is 0. The number of hydrogen-bond donors (Lipinski definition) is 0. The average molecular weight is 216 g/mol. The normalized spacial score (nSPS) is 9.86. The molecule has 5 nitrogen and oxygen atoms in total. The van der Waals surface area contributed by atoms with Crippen LogP contribution >= 0.6 is 0 Å². The lowest BCUT2D eigenvalue weighted by atomic mass is 10.4. The predicted molar refractivity (Wildman–Crippen MR) is 51.4 cm³/mol. The third-order valence-corrected chi connectivity index (χ3v) is 1.66. The lowest BCUT2D eigenvalue weighted by Gasteiger charge is -2.04. The molecule has 78 valence electrons. The van der Waals surface area contributed by atoms with Gasteiger partial charge in [0.25, 0.3) is 0 Å². The van der Waals surface area contributed by atoms with Gasteiger partial charge in [-0.3, -0.25) is 0 Å². The summed E-state index contributed by atoms with van der Waals surface area (Å²) in [5.41, 5.74) is 0.484. The first-order valence-electron chi connectivity index (χ1n) is 3.77. The highest BCUT2D eigenvalue weighted by molar-refractivity contribution is 6.23.